The van der Waals surface area contributed by atoms with Crippen molar-refractivity contribution < 1.29 is 14.2 Å². The molecule has 2 aromatic rings. The van der Waals surface area contributed by atoms with Gasteiger partial charge in [-0.05, 0) is 62.2 Å². The molecule has 136 valence electrons. The Morgan fingerprint density at radius 1 is 0.960 bits per heavy atom. The largest absolute Gasteiger partial charge is 0.491 e. The van der Waals surface area contributed by atoms with Crippen molar-refractivity contribution in [2.75, 3.05) is 25.1 Å². The van der Waals surface area contributed by atoms with E-state index in [0.717, 1.165) is 30.2 Å². The third kappa shape index (κ3) is 7.06. The van der Waals surface area contributed by atoms with Crippen LogP contribution in [0.25, 0.3) is 0 Å². The first-order valence-corrected chi connectivity index (χ1v) is 9.01. The first kappa shape index (κ1) is 19.1. The molecule has 0 aliphatic heterocycles. The monoisotopic (exact) mass is 343 g/mol. The highest BCUT2D eigenvalue weighted by molar-refractivity contribution is 5.47. The molecule has 4 nitrogen and oxygen atoms in total. The van der Waals surface area contributed by atoms with Crippen LogP contribution in [0.1, 0.15) is 32.8 Å². The van der Waals surface area contributed by atoms with E-state index in [1.165, 1.54) is 5.56 Å². The predicted molar refractivity (Wildman–Crippen MR) is 103 cm³/mol. The first-order chi connectivity index (χ1) is 12.2. The van der Waals surface area contributed by atoms with Crippen LogP contribution in [-0.2, 0) is 11.3 Å². The zero-order chi connectivity index (χ0) is 17.9. The molecule has 1 unspecified atom stereocenters. The molecule has 0 saturated heterocycles. The van der Waals surface area contributed by atoms with Crippen LogP contribution in [0, 0.1) is 0 Å². The molecule has 25 heavy (non-hydrogen) atoms. The smallest absolute Gasteiger partial charge is 0.119 e. The Balaban J connectivity index is 1.82. The highest BCUT2D eigenvalue weighted by Crippen LogP contribution is 2.19. The van der Waals surface area contributed by atoms with Gasteiger partial charge in [-0.2, -0.15) is 0 Å². The van der Waals surface area contributed by atoms with E-state index in [1.54, 1.807) is 0 Å². The molecule has 0 saturated carbocycles. The molecule has 2 rings (SSSR count). The van der Waals surface area contributed by atoms with Crippen LogP contribution < -0.4 is 14.8 Å². The summed E-state index contributed by atoms with van der Waals surface area (Å²) in [4.78, 5) is 0. The number of nitrogens with one attached hydrogen (secondary N) is 1. The summed E-state index contributed by atoms with van der Waals surface area (Å²) < 4.78 is 16.8. The molecular formula is C21H29NO3. The van der Waals surface area contributed by atoms with Crippen molar-refractivity contribution in [3.63, 3.8) is 0 Å². The molecule has 0 aliphatic carbocycles. The lowest BCUT2D eigenvalue weighted by Crippen LogP contribution is -2.09. The van der Waals surface area contributed by atoms with Gasteiger partial charge < -0.3 is 19.5 Å². The lowest BCUT2D eigenvalue weighted by molar-refractivity contribution is 0.110. The van der Waals surface area contributed by atoms with Gasteiger partial charge in [-0.25, -0.2) is 0 Å². The molecule has 0 amide bonds. The summed E-state index contributed by atoms with van der Waals surface area (Å²) in [5.74, 6) is 1.78. The molecule has 0 bridgehead atoms. The molecule has 0 aliphatic rings. The second kappa shape index (κ2) is 10.6. The van der Waals surface area contributed by atoms with Crippen LogP contribution in [0.5, 0.6) is 11.5 Å². The fraction of sp³-hybridized carbons (Fsp3) is 0.429. The highest BCUT2D eigenvalue weighted by Gasteiger charge is 2.02. The van der Waals surface area contributed by atoms with Crippen molar-refractivity contribution in [2.24, 2.45) is 0 Å². The highest BCUT2D eigenvalue weighted by atomic mass is 16.5. The summed E-state index contributed by atoms with van der Waals surface area (Å²) in [6.45, 7) is 8.83. The second-order valence-corrected chi connectivity index (χ2v) is 5.91. The maximum absolute atomic E-state index is 5.80. The van der Waals surface area contributed by atoms with E-state index in [4.69, 9.17) is 14.2 Å². The van der Waals surface area contributed by atoms with Crippen LogP contribution in [0.15, 0.2) is 48.5 Å². The fourth-order valence-corrected chi connectivity index (χ4v) is 2.28. The minimum atomic E-state index is 0.240. The molecule has 0 aromatic heterocycles. The van der Waals surface area contributed by atoms with Crippen molar-refractivity contribution in [1.29, 1.82) is 0 Å². The van der Waals surface area contributed by atoms with E-state index in [2.05, 4.69) is 31.3 Å². The van der Waals surface area contributed by atoms with Gasteiger partial charge in [0.25, 0.3) is 0 Å². The zero-order valence-corrected chi connectivity index (χ0v) is 15.5. The van der Waals surface area contributed by atoms with Gasteiger partial charge in [0.1, 0.15) is 18.1 Å². The number of ether oxygens (including phenoxy) is 3. The predicted octanol–water partition coefficient (Wildman–Crippen LogP) is 4.89. The van der Waals surface area contributed by atoms with Crippen molar-refractivity contribution in [2.45, 2.75) is 39.8 Å². The van der Waals surface area contributed by atoms with Gasteiger partial charge >= 0.3 is 0 Å². The number of anilines is 1. The third-order valence-electron chi connectivity index (χ3n) is 3.86. The van der Waals surface area contributed by atoms with Gasteiger partial charge in [0.2, 0.25) is 0 Å². The fourth-order valence-electron chi connectivity index (χ4n) is 2.28. The molecule has 1 N–H and O–H groups in total. The molecule has 0 fully saturated rings. The van der Waals surface area contributed by atoms with E-state index in [9.17, 15) is 0 Å². The van der Waals surface area contributed by atoms with E-state index in [1.807, 2.05) is 43.3 Å². The first-order valence-electron chi connectivity index (χ1n) is 9.01. The Morgan fingerprint density at radius 2 is 1.76 bits per heavy atom. The van der Waals surface area contributed by atoms with Crippen molar-refractivity contribution >= 4 is 5.69 Å². The van der Waals surface area contributed by atoms with Crippen LogP contribution in [0.4, 0.5) is 5.69 Å². The number of hydrogen-bond donors (Lipinski definition) is 1. The summed E-state index contributed by atoms with van der Waals surface area (Å²) in [6, 6.07) is 16.2. The number of benzene rings is 2. The molecule has 4 heteroatoms. The Labute approximate surface area is 151 Å². The molecular weight excluding hydrogens is 314 g/mol. The Kier molecular flexibility index (Phi) is 8.13. The molecule has 0 heterocycles. The molecule has 2 aromatic carbocycles. The van der Waals surface area contributed by atoms with Crippen LogP contribution >= 0.6 is 0 Å². The van der Waals surface area contributed by atoms with Crippen molar-refractivity contribution in [3.05, 3.63) is 54.1 Å². The Hall–Kier alpha value is -2.20. The van der Waals surface area contributed by atoms with Gasteiger partial charge in [0.15, 0.2) is 0 Å². The Bertz CT molecular complexity index is 613. The maximum atomic E-state index is 5.80. The summed E-state index contributed by atoms with van der Waals surface area (Å²) in [7, 11) is 0. The summed E-state index contributed by atoms with van der Waals surface area (Å²) in [5.41, 5.74) is 2.24. The average molecular weight is 343 g/mol. The standard InChI is InChI=1S/C21H29NO3/c1-4-17(3)25-20-11-9-19(10-12-20)22-16-18-7-6-8-21(15-18)24-14-13-23-5-2/h6-12,15,17,22H,4-5,13-14,16H2,1-3H3. The lowest BCUT2D eigenvalue weighted by Gasteiger charge is -2.13. The zero-order valence-electron chi connectivity index (χ0n) is 15.5. The summed E-state index contributed by atoms with van der Waals surface area (Å²) in [5, 5.41) is 3.42. The lowest BCUT2D eigenvalue weighted by atomic mass is 10.2. The second-order valence-electron chi connectivity index (χ2n) is 5.91. The van der Waals surface area contributed by atoms with Gasteiger partial charge in [0.05, 0.1) is 12.7 Å². The van der Waals surface area contributed by atoms with Gasteiger partial charge in [-0.1, -0.05) is 19.1 Å². The molecule has 0 spiro atoms. The topological polar surface area (TPSA) is 39.7 Å². The number of hydrogen-bond acceptors (Lipinski definition) is 4. The van der Waals surface area contributed by atoms with Gasteiger partial charge in [-0.3, -0.25) is 0 Å². The van der Waals surface area contributed by atoms with Crippen LogP contribution in [0.3, 0.4) is 0 Å². The van der Waals surface area contributed by atoms with E-state index >= 15 is 0 Å². The third-order valence-corrected chi connectivity index (χ3v) is 3.86. The van der Waals surface area contributed by atoms with Gasteiger partial charge in [-0.15, -0.1) is 0 Å². The molecule has 0 radical (unpaired) electrons. The summed E-state index contributed by atoms with van der Waals surface area (Å²) >= 11 is 0. The minimum Gasteiger partial charge on any atom is -0.491 e. The van der Waals surface area contributed by atoms with Crippen LogP contribution in [0.2, 0.25) is 0 Å². The quantitative estimate of drug-likeness (QED) is 0.590. The van der Waals surface area contributed by atoms with Crippen molar-refractivity contribution in [3.8, 4) is 11.5 Å². The Morgan fingerprint density at radius 3 is 2.48 bits per heavy atom. The number of rotatable bonds is 11. The van der Waals surface area contributed by atoms with E-state index in [0.29, 0.717) is 19.8 Å². The van der Waals surface area contributed by atoms with Crippen molar-refractivity contribution in [1.82, 2.24) is 0 Å². The van der Waals surface area contributed by atoms with Crippen LogP contribution in [-0.4, -0.2) is 25.9 Å². The van der Waals surface area contributed by atoms with Gasteiger partial charge in [0, 0.05) is 18.8 Å². The van der Waals surface area contributed by atoms with E-state index < -0.39 is 0 Å². The average Bonchev–Trinajstić information content (AvgIpc) is 2.65. The normalized spacial score (nSPS) is 11.8. The SMILES string of the molecule is CCOCCOc1cccc(CNc2ccc(OC(C)CC)cc2)c1. The van der Waals surface area contributed by atoms with E-state index in [-0.39, 0.29) is 6.10 Å². The molecule has 1 atom stereocenters. The maximum Gasteiger partial charge on any atom is 0.119 e. The summed E-state index contributed by atoms with van der Waals surface area (Å²) in [6.07, 6.45) is 1.24. The minimum absolute atomic E-state index is 0.240.